The van der Waals surface area contributed by atoms with E-state index in [4.69, 9.17) is 14.6 Å². The van der Waals surface area contributed by atoms with Crippen molar-refractivity contribution in [2.45, 2.75) is 13.3 Å². The van der Waals surface area contributed by atoms with Gasteiger partial charge in [0, 0.05) is 12.4 Å². The van der Waals surface area contributed by atoms with Gasteiger partial charge in [0.05, 0.1) is 12.2 Å². The Morgan fingerprint density at radius 3 is 2.30 bits per heavy atom. The zero-order valence-corrected chi connectivity index (χ0v) is 10.9. The molecule has 0 bridgehead atoms. The number of hydrogen-bond acceptors (Lipinski definition) is 5. The Kier molecular flexibility index (Phi) is 4.49. The van der Waals surface area contributed by atoms with Gasteiger partial charge in [-0.05, 0) is 30.7 Å². The lowest BCUT2D eigenvalue weighted by Crippen LogP contribution is -2.00. The molecule has 0 amide bonds. The number of ether oxygens (including phenoxy) is 2. The number of carboxylic acid groups (broad SMARTS) is 1. The largest absolute Gasteiger partial charge is 0.494 e. The molecule has 0 fully saturated rings. The van der Waals surface area contributed by atoms with E-state index in [0.29, 0.717) is 12.4 Å². The van der Waals surface area contributed by atoms with Crippen LogP contribution in [-0.4, -0.2) is 27.7 Å². The molecule has 0 atom stereocenters. The first-order valence-corrected chi connectivity index (χ1v) is 6.15. The highest BCUT2D eigenvalue weighted by Crippen LogP contribution is 2.21. The summed E-state index contributed by atoms with van der Waals surface area (Å²) in [5.41, 5.74) is 0.0145. The number of carboxylic acids is 1. The van der Waals surface area contributed by atoms with E-state index in [9.17, 15) is 4.79 Å². The minimum atomic E-state index is -1.08. The Balaban J connectivity index is 2.00. The number of hydrogen-bond donors (Lipinski definition) is 1. The Morgan fingerprint density at radius 2 is 1.75 bits per heavy atom. The van der Waals surface area contributed by atoms with Gasteiger partial charge in [-0.2, -0.15) is 0 Å². The maximum atomic E-state index is 10.7. The zero-order valence-electron chi connectivity index (χ0n) is 10.9. The van der Waals surface area contributed by atoms with Crippen molar-refractivity contribution in [3.05, 3.63) is 42.2 Å². The highest BCUT2D eigenvalue weighted by Gasteiger charge is 2.05. The lowest BCUT2D eigenvalue weighted by Gasteiger charge is -2.06. The predicted octanol–water partition coefficient (Wildman–Crippen LogP) is 2.76. The standard InChI is InChI=1S/C14H14N2O4/c1-2-7-19-11-3-5-12(6-4-11)20-14-15-8-10(9-16-14)13(17)18/h3-6,8-9H,2,7H2,1H3,(H,17,18). The van der Waals surface area contributed by atoms with Crippen LogP contribution in [0.25, 0.3) is 0 Å². The van der Waals surface area contributed by atoms with Crippen LogP contribution < -0.4 is 9.47 Å². The third-order valence-corrected chi connectivity index (χ3v) is 2.38. The third-order valence-electron chi connectivity index (χ3n) is 2.38. The second-order valence-electron chi connectivity index (χ2n) is 3.98. The van der Waals surface area contributed by atoms with Gasteiger partial charge >= 0.3 is 12.0 Å². The summed E-state index contributed by atoms with van der Waals surface area (Å²) in [5, 5.41) is 8.73. The fraction of sp³-hybridized carbons (Fsp3) is 0.214. The van der Waals surface area contributed by atoms with Gasteiger partial charge < -0.3 is 14.6 Å². The van der Waals surface area contributed by atoms with Gasteiger partial charge in [0.15, 0.2) is 0 Å². The van der Waals surface area contributed by atoms with Crippen molar-refractivity contribution in [3.8, 4) is 17.5 Å². The van der Waals surface area contributed by atoms with Gasteiger partial charge in [-0.15, -0.1) is 0 Å². The molecule has 1 aromatic carbocycles. The van der Waals surface area contributed by atoms with Gasteiger partial charge in [-0.1, -0.05) is 6.92 Å². The summed E-state index contributed by atoms with van der Waals surface area (Å²) >= 11 is 0. The molecule has 2 aromatic rings. The van der Waals surface area contributed by atoms with Crippen molar-refractivity contribution in [1.82, 2.24) is 9.97 Å². The summed E-state index contributed by atoms with van der Waals surface area (Å²) in [7, 11) is 0. The van der Waals surface area contributed by atoms with Gasteiger partial charge in [-0.25, -0.2) is 14.8 Å². The van der Waals surface area contributed by atoms with Crippen LogP contribution in [0.15, 0.2) is 36.7 Å². The predicted molar refractivity (Wildman–Crippen MR) is 71.3 cm³/mol. The van der Waals surface area contributed by atoms with Crippen LogP contribution in [0.3, 0.4) is 0 Å². The first-order valence-electron chi connectivity index (χ1n) is 6.15. The van der Waals surface area contributed by atoms with Crippen LogP contribution in [0.5, 0.6) is 17.5 Å². The van der Waals surface area contributed by atoms with Gasteiger partial charge in [0.25, 0.3) is 0 Å². The monoisotopic (exact) mass is 274 g/mol. The van der Waals surface area contributed by atoms with Crippen molar-refractivity contribution in [2.75, 3.05) is 6.61 Å². The molecule has 0 saturated heterocycles. The van der Waals surface area contributed by atoms with Crippen LogP contribution in [0, 0.1) is 0 Å². The van der Waals surface area contributed by atoms with Crippen LogP contribution in [0.4, 0.5) is 0 Å². The first kappa shape index (κ1) is 13.8. The zero-order chi connectivity index (χ0) is 14.4. The maximum Gasteiger partial charge on any atom is 0.338 e. The molecule has 0 saturated carbocycles. The van der Waals surface area contributed by atoms with Gasteiger partial charge in [-0.3, -0.25) is 0 Å². The smallest absolute Gasteiger partial charge is 0.338 e. The molecule has 0 spiro atoms. The van der Waals surface area contributed by atoms with E-state index in [1.54, 1.807) is 24.3 Å². The van der Waals surface area contributed by atoms with Gasteiger partial charge in [0.2, 0.25) is 0 Å². The van der Waals surface area contributed by atoms with E-state index in [-0.39, 0.29) is 11.6 Å². The van der Waals surface area contributed by atoms with Crippen molar-refractivity contribution < 1.29 is 19.4 Å². The normalized spacial score (nSPS) is 10.1. The minimum absolute atomic E-state index is 0.0145. The number of rotatable bonds is 6. The Hall–Kier alpha value is -2.63. The molecule has 0 aliphatic heterocycles. The molecule has 6 heteroatoms. The lowest BCUT2D eigenvalue weighted by molar-refractivity contribution is 0.0696. The molecule has 0 unspecified atom stereocenters. The van der Waals surface area contributed by atoms with Crippen molar-refractivity contribution in [1.29, 1.82) is 0 Å². The average molecular weight is 274 g/mol. The highest BCUT2D eigenvalue weighted by atomic mass is 16.5. The first-order chi connectivity index (χ1) is 9.69. The summed E-state index contributed by atoms with van der Waals surface area (Å²) in [5.74, 6) is 0.243. The van der Waals surface area contributed by atoms with E-state index in [0.717, 1.165) is 12.2 Å². The second kappa shape index (κ2) is 6.51. The third kappa shape index (κ3) is 3.68. The molecule has 1 aromatic heterocycles. The summed E-state index contributed by atoms with van der Waals surface area (Å²) in [6.07, 6.45) is 3.34. The topological polar surface area (TPSA) is 81.5 Å². The van der Waals surface area contributed by atoms with Crippen LogP contribution in [0.2, 0.25) is 0 Å². The fourth-order valence-corrected chi connectivity index (χ4v) is 1.41. The molecule has 104 valence electrons. The number of carbonyl (C=O) groups is 1. The van der Waals surface area contributed by atoms with Crippen LogP contribution >= 0.6 is 0 Å². The number of aromatic nitrogens is 2. The summed E-state index contributed by atoms with van der Waals surface area (Å²) in [6, 6.07) is 7.14. The SMILES string of the molecule is CCCOc1ccc(Oc2ncc(C(=O)O)cn2)cc1. The molecular formula is C14H14N2O4. The molecule has 0 aliphatic rings. The molecule has 1 N–H and O–H groups in total. The Bertz CT molecular complexity index is 567. The summed E-state index contributed by atoms with van der Waals surface area (Å²) in [4.78, 5) is 18.3. The van der Waals surface area contributed by atoms with E-state index in [1.165, 1.54) is 12.4 Å². The van der Waals surface area contributed by atoms with E-state index in [2.05, 4.69) is 9.97 Å². The van der Waals surface area contributed by atoms with E-state index in [1.807, 2.05) is 6.92 Å². The van der Waals surface area contributed by atoms with Gasteiger partial charge in [0.1, 0.15) is 11.5 Å². The highest BCUT2D eigenvalue weighted by molar-refractivity contribution is 5.86. The minimum Gasteiger partial charge on any atom is -0.494 e. The van der Waals surface area contributed by atoms with Crippen LogP contribution in [0.1, 0.15) is 23.7 Å². The second-order valence-corrected chi connectivity index (χ2v) is 3.98. The van der Waals surface area contributed by atoms with E-state index >= 15 is 0 Å². The lowest BCUT2D eigenvalue weighted by atomic mass is 10.3. The van der Waals surface area contributed by atoms with Crippen LogP contribution in [-0.2, 0) is 0 Å². The molecule has 20 heavy (non-hydrogen) atoms. The molecule has 1 heterocycles. The fourth-order valence-electron chi connectivity index (χ4n) is 1.41. The molecule has 2 rings (SSSR count). The molecule has 0 radical (unpaired) electrons. The van der Waals surface area contributed by atoms with Crippen molar-refractivity contribution in [2.24, 2.45) is 0 Å². The van der Waals surface area contributed by atoms with E-state index < -0.39 is 5.97 Å². The Morgan fingerprint density at radius 1 is 1.15 bits per heavy atom. The van der Waals surface area contributed by atoms with Crippen molar-refractivity contribution >= 4 is 5.97 Å². The molecule has 0 aliphatic carbocycles. The number of nitrogens with zero attached hydrogens (tertiary/aromatic N) is 2. The average Bonchev–Trinajstić information content (AvgIpc) is 2.47. The molecule has 6 nitrogen and oxygen atoms in total. The maximum absolute atomic E-state index is 10.7. The molecular weight excluding hydrogens is 260 g/mol. The van der Waals surface area contributed by atoms with Crippen molar-refractivity contribution in [3.63, 3.8) is 0 Å². The Labute approximate surface area is 116 Å². The summed E-state index contributed by atoms with van der Waals surface area (Å²) in [6.45, 7) is 2.70. The number of benzene rings is 1. The summed E-state index contributed by atoms with van der Waals surface area (Å²) < 4.78 is 10.9. The quantitative estimate of drug-likeness (QED) is 0.872. The number of aromatic carboxylic acids is 1.